The van der Waals surface area contributed by atoms with Crippen molar-refractivity contribution >= 4 is 5.76 Å². The number of unbranched alkanes of at least 4 members (excludes halogenated alkanes) is 2. The highest BCUT2D eigenvalue weighted by Crippen LogP contribution is 2.22. The normalized spacial score (nSPS) is 11.9. The van der Waals surface area contributed by atoms with Crippen molar-refractivity contribution in [1.29, 1.82) is 0 Å². The maximum absolute atomic E-state index is 6.05. The van der Waals surface area contributed by atoms with Crippen LogP contribution in [-0.4, -0.2) is 13.2 Å². The minimum atomic E-state index is 0.303. The average molecular weight is 262 g/mol. The third kappa shape index (κ3) is 5.37. The van der Waals surface area contributed by atoms with Crippen molar-refractivity contribution in [3.8, 4) is 5.75 Å². The maximum Gasteiger partial charge on any atom is 0.120 e. The minimum absolute atomic E-state index is 0.303. The molecule has 19 heavy (non-hydrogen) atoms. The molecule has 0 fully saturated rings. The van der Waals surface area contributed by atoms with E-state index in [9.17, 15) is 0 Å². The lowest BCUT2D eigenvalue weighted by molar-refractivity contribution is 0.182. The van der Waals surface area contributed by atoms with E-state index in [4.69, 9.17) is 9.47 Å². The van der Waals surface area contributed by atoms with Crippen LogP contribution in [0.25, 0.3) is 5.76 Å². The van der Waals surface area contributed by atoms with Gasteiger partial charge in [-0.3, -0.25) is 0 Å². The minimum Gasteiger partial charge on any atom is -0.497 e. The summed E-state index contributed by atoms with van der Waals surface area (Å²) in [7, 11) is 1.63. The van der Waals surface area contributed by atoms with Crippen molar-refractivity contribution in [3.63, 3.8) is 0 Å². The monoisotopic (exact) mass is 262 g/mol. The van der Waals surface area contributed by atoms with Crippen molar-refractivity contribution < 1.29 is 9.47 Å². The maximum atomic E-state index is 6.05. The summed E-state index contributed by atoms with van der Waals surface area (Å²) in [4.78, 5) is 0. The van der Waals surface area contributed by atoms with Crippen molar-refractivity contribution in [2.24, 2.45) is 0 Å². The average Bonchev–Trinajstić information content (AvgIpc) is 2.45. The van der Waals surface area contributed by atoms with Crippen molar-refractivity contribution in [3.05, 3.63) is 36.4 Å². The fourth-order valence-electron chi connectivity index (χ4n) is 2.02. The van der Waals surface area contributed by atoms with Gasteiger partial charge in [0.25, 0.3) is 0 Å². The number of ether oxygens (including phenoxy) is 2. The van der Waals surface area contributed by atoms with Crippen LogP contribution < -0.4 is 4.74 Å². The molecule has 0 saturated carbocycles. The van der Waals surface area contributed by atoms with Gasteiger partial charge in [0.1, 0.15) is 11.5 Å². The zero-order valence-electron chi connectivity index (χ0n) is 12.4. The molecule has 2 nitrogen and oxygen atoms in total. The molecule has 1 aromatic carbocycles. The molecule has 1 rings (SSSR count). The lowest BCUT2D eigenvalue weighted by Gasteiger charge is -2.18. The molecule has 0 aliphatic heterocycles. The third-order valence-corrected chi connectivity index (χ3v) is 3.29. The molecule has 0 saturated heterocycles. The highest BCUT2D eigenvalue weighted by Gasteiger charge is 2.08. The molecule has 0 aromatic heterocycles. The van der Waals surface area contributed by atoms with Crippen LogP contribution in [0.15, 0.2) is 30.8 Å². The Labute approximate surface area is 117 Å². The molecular weight excluding hydrogens is 236 g/mol. The lowest BCUT2D eigenvalue weighted by atomic mass is 10.1. The molecule has 0 radical (unpaired) electrons. The summed E-state index contributed by atoms with van der Waals surface area (Å²) in [6, 6.07) is 7.95. The SMILES string of the molecule is C=C(OC)c1cccc(OC(CC)CCCCC)c1. The molecule has 0 aliphatic rings. The summed E-state index contributed by atoms with van der Waals surface area (Å²) < 4.78 is 11.2. The molecule has 2 heteroatoms. The number of hydrogen-bond acceptors (Lipinski definition) is 2. The van der Waals surface area contributed by atoms with Crippen molar-refractivity contribution in [1.82, 2.24) is 0 Å². The van der Waals surface area contributed by atoms with Crippen molar-refractivity contribution in [2.75, 3.05) is 7.11 Å². The van der Waals surface area contributed by atoms with Crippen LogP contribution in [0.3, 0.4) is 0 Å². The Kier molecular flexibility index (Phi) is 7.09. The summed E-state index contributed by atoms with van der Waals surface area (Å²) in [5.74, 6) is 1.57. The van der Waals surface area contributed by atoms with Crippen LogP contribution >= 0.6 is 0 Å². The topological polar surface area (TPSA) is 18.5 Å². The van der Waals surface area contributed by atoms with E-state index in [1.165, 1.54) is 19.3 Å². The Hall–Kier alpha value is -1.44. The van der Waals surface area contributed by atoms with Crippen LogP contribution in [0.4, 0.5) is 0 Å². The first kappa shape index (κ1) is 15.6. The molecule has 0 heterocycles. The summed E-state index contributed by atoms with van der Waals surface area (Å²) in [5, 5.41) is 0. The first-order valence-corrected chi connectivity index (χ1v) is 7.21. The van der Waals surface area contributed by atoms with Gasteiger partial charge in [0.2, 0.25) is 0 Å². The highest BCUT2D eigenvalue weighted by molar-refractivity contribution is 5.58. The van der Waals surface area contributed by atoms with Crippen LogP contribution in [0.5, 0.6) is 5.75 Å². The Morgan fingerprint density at radius 1 is 1.26 bits per heavy atom. The van der Waals surface area contributed by atoms with Gasteiger partial charge in [0, 0.05) is 5.56 Å². The number of rotatable bonds is 9. The molecular formula is C17H26O2. The number of benzene rings is 1. The quantitative estimate of drug-likeness (QED) is 0.458. The van der Waals surface area contributed by atoms with Gasteiger partial charge >= 0.3 is 0 Å². The molecule has 0 spiro atoms. The van der Waals surface area contributed by atoms with Crippen molar-refractivity contribution in [2.45, 2.75) is 52.1 Å². The van der Waals surface area contributed by atoms with E-state index in [0.717, 1.165) is 24.2 Å². The van der Waals surface area contributed by atoms with Gasteiger partial charge in [-0.25, -0.2) is 0 Å². The summed E-state index contributed by atoms with van der Waals surface area (Å²) in [6.45, 7) is 8.27. The molecule has 0 aliphatic carbocycles. The van der Waals surface area contributed by atoms with E-state index >= 15 is 0 Å². The summed E-state index contributed by atoms with van der Waals surface area (Å²) >= 11 is 0. The number of methoxy groups -OCH3 is 1. The van der Waals surface area contributed by atoms with Crippen LogP contribution in [0, 0.1) is 0 Å². The third-order valence-electron chi connectivity index (χ3n) is 3.29. The molecule has 1 aromatic rings. The van der Waals surface area contributed by atoms with E-state index in [-0.39, 0.29) is 0 Å². The smallest absolute Gasteiger partial charge is 0.120 e. The van der Waals surface area contributed by atoms with Gasteiger partial charge in [-0.1, -0.05) is 45.4 Å². The fraction of sp³-hybridized carbons (Fsp3) is 0.529. The molecule has 106 valence electrons. The molecule has 1 atom stereocenters. The fourth-order valence-corrected chi connectivity index (χ4v) is 2.02. The van der Waals surface area contributed by atoms with E-state index in [1.807, 2.05) is 24.3 Å². The molecule has 1 unspecified atom stereocenters. The zero-order valence-corrected chi connectivity index (χ0v) is 12.4. The van der Waals surface area contributed by atoms with Crippen LogP contribution in [0.2, 0.25) is 0 Å². The van der Waals surface area contributed by atoms with E-state index in [1.54, 1.807) is 7.11 Å². The van der Waals surface area contributed by atoms with E-state index < -0.39 is 0 Å². The Morgan fingerprint density at radius 2 is 2.05 bits per heavy atom. The standard InChI is InChI=1S/C17H26O2/c1-5-7-8-11-16(6-2)19-17-12-9-10-15(13-17)14(3)18-4/h9-10,12-13,16H,3,5-8,11H2,1-2,4H3. The second-order valence-corrected chi connectivity index (χ2v) is 4.80. The second kappa shape index (κ2) is 8.63. The first-order valence-electron chi connectivity index (χ1n) is 7.21. The second-order valence-electron chi connectivity index (χ2n) is 4.80. The molecule has 0 N–H and O–H groups in total. The Balaban J connectivity index is 2.61. The van der Waals surface area contributed by atoms with Crippen LogP contribution in [-0.2, 0) is 4.74 Å². The van der Waals surface area contributed by atoms with E-state index in [2.05, 4.69) is 20.4 Å². The summed E-state index contributed by atoms with van der Waals surface area (Å²) in [5.41, 5.74) is 0.975. The first-order chi connectivity index (χ1) is 9.21. The molecule has 0 bridgehead atoms. The predicted octanol–water partition coefficient (Wildman–Crippen LogP) is 5.04. The Morgan fingerprint density at radius 3 is 2.68 bits per heavy atom. The van der Waals surface area contributed by atoms with Gasteiger partial charge in [0.05, 0.1) is 13.2 Å². The largest absolute Gasteiger partial charge is 0.497 e. The summed E-state index contributed by atoms with van der Waals surface area (Å²) in [6.07, 6.45) is 6.23. The molecule has 0 amide bonds. The van der Waals surface area contributed by atoms with E-state index in [0.29, 0.717) is 11.9 Å². The Bertz CT molecular complexity index is 385. The number of hydrogen-bond donors (Lipinski definition) is 0. The van der Waals surface area contributed by atoms with Gasteiger partial charge in [-0.05, 0) is 31.4 Å². The van der Waals surface area contributed by atoms with Gasteiger partial charge in [-0.15, -0.1) is 0 Å². The predicted molar refractivity (Wildman–Crippen MR) is 81.3 cm³/mol. The lowest BCUT2D eigenvalue weighted by Crippen LogP contribution is -2.15. The van der Waals surface area contributed by atoms with Gasteiger partial charge in [-0.2, -0.15) is 0 Å². The van der Waals surface area contributed by atoms with Crippen LogP contribution in [0.1, 0.15) is 51.5 Å². The highest BCUT2D eigenvalue weighted by atomic mass is 16.5. The van der Waals surface area contributed by atoms with Gasteiger partial charge < -0.3 is 9.47 Å². The van der Waals surface area contributed by atoms with Gasteiger partial charge in [0.15, 0.2) is 0 Å². The zero-order chi connectivity index (χ0) is 14.1.